The van der Waals surface area contributed by atoms with Gasteiger partial charge in [-0.2, -0.15) is 0 Å². The molecule has 20 heavy (non-hydrogen) atoms. The molecule has 0 bridgehead atoms. The van der Waals surface area contributed by atoms with E-state index in [2.05, 4.69) is 11.1 Å². The molecule has 3 heteroatoms. The van der Waals surface area contributed by atoms with Crippen LogP contribution >= 0.6 is 0 Å². The highest BCUT2D eigenvalue weighted by molar-refractivity contribution is 6.03. The molecule has 0 saturated heterocycles. The van der Waals surface area contributed by atoms with E-state index in [1.54, 1.807) is 6.20 Å². The van der Waals surface area contributed by atoms with Gasteiger partial charge in [-0.1, -0.05) is 18.2 Å². The number of pyridine rings is 1. The van der Waals surface area contributed by atoms with Crippen LogP contribution in [0.3, 0.4) is 0 Å². The summed E-state index contributed by atoms with van der Waals surface area (Å²) in [6, 6.07) is 11.5. The summed E-state index contributed by atoms with van der Waals surface area (Å²) in [4.78, 5) is 17.2. The Balaban J connectivity index is 1.95. The lowest BCUT2D eigenvalue weighted by Gasteiger charge is -2.13. The molecule has 1 aliphatic carbocycles. The molecule has 1 unspecified atom stereocenters. The summed E-state index contributed by atoms with van der Waals surface area (Å²) in [5, 5.41) is 0. The van der Waals surface area contributed by atoms with E-state index in [0.29, 0.717) is 17.9 Å². The number of Topliss-reactive ketones (excluding diaryl/α,β-unsaturated/α-hetero) is 1. The lowest BCUT2D eigenvalue weighted by Crippen LogP contribution is -2.13. The molecule has 0 N–H and O–H groups in total. The minimum absolute atomic E-state index is 0.117. The molecular formula is C17H17NO2. The summed E-state index contributed by atoms with van der Waals surface area (Å²) in [7, 11) is 0. The third kappa shape index (κ3) is 2.20. The minimum Gasteiger partial charge on any atom is -0.493 e. The van der Waals surface area contributed by atoms with Gasteiger partial charge in [0.1, 0.15) is 5.75 Å². The maximum absolute atomic E-state index is 12.8. The number of carbonyl (C=O) groups is 1. The van der Waals surface area contributed by atoms with E-state index in [-0.39, 0.29) is 11.7 Å². The Labute approximate surface area is 118 Å². The molecule has 3 nitrogen and oxygen atoms in total. The zero-order valence-electron chi connectivity index (χ0n) is 11.5. The molecule has 1 heterocycles. The number of para-hydroxylation sites is 1. The van der Waals surface area contributed by atoms with Crippen molar-refractivity contribution >= 4 is 5.78 Å². The average molecular weight is 267 g/mol. The number of nitrogens with zero attached hydrogens (tertiary/aromatic N) is 1. The van der Waals surface area contributed by atoms with Gasteiger partial charge >= 0.3 is 0 Å². The molecule has 0 saturated carbocycles. The van der Waals surface area contributed by atoms with Gasteiger partial charge in [0.15, 0.2) is 5.78 Å². The van der Waals surface area contributed by atoms with Crippen LogP contribution in [0.15, 0.2) is 42.6 Å². The largest absolute Gasteiger partial charge is 0.493 e. The van der Waals surface area contributed by atoms with Crippen LogP contribution in [0, 0.1) is 0 Å². The highest BCUT2D eigenvalue weighted by Gasteiger charge is 2.31. The van der Waals surface area contributed by atoms with Crippen LogP contribution in [0.4, 0.5) is 0 Å². The third-order valence-electron chi connectivity index (χ3n) is 3.73. The van der Waals surface area contributed by atoms with Crippen LogP contribution in [0.25, 0.3) is 0 Å². The number of fused-ring (bicyclic) bond motifs is 1. The molecule has 0 spiro atoms. The van der Waals surface area contributed by atoms with E-state index >= 15 is 0 Å². The van der Waals surface area contributed by atoms with Crippen LogP contribution in [-0.2, 0) is 6.42 Å². The zero-order chi connectivity index (χ0) is 13.9. The summed E-state index contributed by atoms with van der Waals surface area (Å²) < 4.78 is 5.56. The van der Waals surface area contributed by atoms with Crippen molar-refractivity contribution in [2.24, 2.45) is 0 Å². The Hall–Kier alpha value is -2.16. The lowest BCUT2D eigenvalue weighted by atomic mass is 9.94. The second-order valence-corrected chi connectivity index (χ2v) is 4.93. The van der Waals surface area contributed by atoms with E-state index in [0.717, 1.165) is 18.5 Å². The van der Waals surface area contributed by atoms with Gasteiger partial charge in [0.25, 0.3) is 0 Å². The Morgan fingerprint density at radius 1 is 1.30 bits per heavy atom. The lowest BCUT2D eigenvalue weighted by molar-refractivity contribution is 0.0954. The first-order valence-electron chi connectivity index (χ1n) is 7.01. The maximum atomic E-state index is 12.8. The van der Waals surface area contributed by atoms with Gasteiger partial charge in [-0.3, -0.25) is 9.78 Å². The fourth-order valence-corrected chi connectivity index (χ4v) is 2.81. The number of ether oxygens (including phenoxy) is 1. The number of carbonyl (C=O) groups excluding carboxylic acids is 1. The summed E-state index contributed by atoms with van der Waals surface area (Å²) >= 11 is 0. The van der Waals surface area contributed by atoms with Gasteiger partial charge in [0.05, 0.1) is 23.8 Å². The highest BCUT2D eigenvalue weighted by Crippen LogP contribution is 2.35. The molecule has 3 rings (SSSR count). The van der Waals surface area contributed by atoms with Crippen molar-refractivity contribution in [3.8, 4) is 5.75 Å². The molecule has 0 amide bonds. The molecule has 102 valence electrons. The van der Waals surface area contributed by atoms with E-state index in [4.69, 9.17) is 4.74 Å². The van der Waals surface area contributed by atoms with Crippen LogP contribution in [0.1, 0.15) is 40.9 Å². The van der Waals surface area contributed by atoms with Crippen molar-refractivity contribution in [1.29, 1.82) is 0 Å². The SMILES string of the molecule is CCOc1ccccc1C(=O)C1CCc2cccnc21. The van der Waals surface area contributed by atoms with Crippen LogP contribution in [-0.4, -0.2) is 17.4 Å². The Bertz CT molecular complexity index is 636. The topological polar surface area (TPSA) is 39.2 Å². The molecule has 1 aromatic carbocycles. The first-order chi connectivity index (χ1) is 9.81. The number of hydrogen-bond acceptors (Lipinski definition) is 3. The third-order valence-corrected chi connectivity index (χ3v) is 3.73. The van der Waals surface area contributed by atoms with Gasteiger partial charge in [-0.15, -0.1) is 0 Å². The van der Waals surface area contributed by atoms with Crippen molar-refractivity contribution in [2.45, 2.75) is 25.7 Å². The van der Waals surface area contributed by atoms with Gasteiger partial charge < -0.3 is 4.74 Å². The number of aryl methyl sites for hydroxylation is 1. The number of aromatic nitrogens is 1. The predicted molar refractivity (Wildman–Crippen MR) is 77.2 cm³/mol. The number of ketones is 1. The summed E-state index contributed by atoms with van der Waals surface area (Å²) in [6.07, 6.45) is 3.53. The summed E-state index contributed by atoms with van der Waals surface area (Å²) in [5.74, 6) is 0.656. The molecule has 1 aromatic heterocycles. The van der Waals surface area contributed by atoms with Crippen molar-refractivity contribution in [3.05, 3.63) is 59.4 Å². The smallest absolute Gasteiger partial charge is 0.175 e. The standard InChI is InChI=1S/C17H17NO2/c1-2-20-15-8-4-3-7-13(15)17(19)14-10-9-12-6-5-11-18-16(12)14/h3-8,11,14H,2,9-10H2,1H3. The summed E-state index contributed by atoms with van der Waals surface area (Å²) in [6.45, 7) is 2.48. The van der Waals surface area contributed by atoms with Gasteiger partial charge in [0, 0.05) is 6.20 Å². The van der Waals surface area contributed by atoms with E-state index in [1.807, 2.05) is 37.3 Å². The molecular weight excluding hydrogens is 250 g/mol. The molecule has 1 aliphatic rings. The zero-order valence-corrected chi connectivity index (χ0v) is 11.5. The van der Waals surface area contributed by atoms with Gasteiger partial charge in [-0.25, -0.2) is 0 Å². The van der Waals surface area contributed by atoms with Crippen molar-refractivity contribution in [2.75, 3.05) is 6.61 Å². The van der Waals surface area contributed by atoms with Gasteiger partial charge in [-0.05, 0) is 43.5 Å². The number of benzene rings is 1. The molecule has 0 aliphatic heterocycles. The normalized spacial score (nSPS) is 16.8. The molecule has 1 atom stereocenters. The van der Waals surface area contributed by atoms with Crippen LogP contribution in [0.5, 0.6) is 5.75 Å². The number of hydrogen-bond donors (Lipinski definition) is 0. The Morgan fingerprint density at radius 3 is 3.00 bits per heavy atom. The predicted octanol–water partition coefficient (Wildman–Crippen LogP) is 3.39. The van der Waals surface area contributed by atoms with E-state index in [9.17, 15) is 4.79 Å². The van der Waals surface area contributed by atoms with E-state index in [1.165, 1.54) is 5.56 Å². The highest BCUT2D eigenvalue weighted by atomic mass is 16.5. The monoisotopic (exact) mass is 267 g/mol. The van der Waals surface area contributed by atoms with Crippen LogP contribution < -0.4 is 4.74 Å². The first kappa shape index (κ1) is 12.9. The van der Waals surface area contributed by atoms with E-state index < -0.39 is 0 Å². The Morgan fingerprint density at radius 2 is 2.15 bits per heavy atom. The molecule has 0 radical (unpaired) electrons. The minimum atomic E-state index is -0.132. The fraction of sp³-hybridized carbons (Fsp3) is 0.294. The van der Waals surface area contributed by atoms with Crippen molar-refractivity contribution < 1.29 is 9.53 Å². The fourth-order valence-electron chi connectivity index (χ4n) is 2.81. The Kier molecular flexibility index (Phi) is 3.50. The quantitative estimate of drug-likeness (QED) is 0.797. The van der Waals surface area contributed by atoms with Crippen molar-refractivity contribution in [3.63, 3.8) is 0 Å². The van der Waals surface area contributed by atoms with Crippen LogP contribution in [0.2, 0.25) is 0 Å². The maximum Gasteiger partial charge on any atom is 0.175 e. The average Bonchev–Trinajstić information content (AvgIpc) is 2.91. The number of rotatable bonds is 4. The second kappa shape index (κ2) is 5.45. The van der Waals surface area contributed by atoms with Crippen molar-refractivity contribution in [1.82, 2.24) is 4.98 Å². The summed E-state index contributed by atoms with van der Waals surface area (Å²) in [5.41, 5.74) is 2.79. The molecule has 0 fully saturated rings. The first-order valence-corrected chi connectivity index (χ1v) is 7.01. The molecule has 2 aromatic rings. The second-order valence-electron chi connectivity index (χ2n) is 4.93. The van der Waals surface area contributed by atoms with Gasteiger partial charge in [0.2, 0.25) is 0 Å².